The molecule has 44 heavy (non-hydrogen) atoms. The average Bonchev–Trinajstić information content (AvgIpc) is 3.43. The molecule has 1 aromatic heterocycles. The van der Waals surface area contributed by atoms with Crippen LogP contribution in [0.5, 0.6) is 0 Å². The first kappa shape index (κ1) is 28.4. The standard InChI is InChI=1S/C34H40N6O4/c1-22-5-2-3-6-29(22)38-15-17-39(18-16-38)30-12-10-24(20-27(30)36-32(42)28-21-44-33(37-28)23-7-8-23)31(41)35-13-4-14-40-26-11-9-25(19-26)34(40)43/h2-3,5-6,10,12,20-21,23,25-26H,4,7-9,11,13-19H2,1H3,(H,35,41)(H,36,42)/t25-,26+/m1/s1. The van der Waals surface area contributed by atoms with Gasteiger partial charge in [0.1, 0.15) is 6.26 Å². The van der Waals surface area contributed by atoms with Crippen molar-refractivity contribution in [1.82, 2.24) is 15.2 Å². The minimum Gasteiger partial charge on any atom is -0.448 e. The number of carbonyl (C=O) groups excluding carboxylic acids is 3. The van der Waals surface area contributed by atoms with Crippen molar-refractivity contribution < 1.29 is 18.8 Å². The fourth-order valence-electron chi connectivity index (χ4n) is 6.98. The van der Waals surface area contributed by atoms with Gasteiger partial charge in [0.2, 0.25) is 5.91 Å². The summed E-state index contributed by atoms with van der Waals surface area (Å²) in [6.45, 7) is 6.52. The quantitative estimate of drug-likeness (QED) is 0.330. The van der Waals surface area contributed by atoms with Crippen LogP contribution in [0.2, 0.25) is 0 Å². The Hall–Kier alpha value is -4.34. The number of piperazine rings is 1. The molecule has 2 bridgehead atoms. The highest BCUT2D eigenvalue weighted by atomic mass is 16.3. The van der Waals surface area contributed by atoms with Crippen molar-refractivity contribution in [3.63, 3.8) is 0 Å². The zero-order valence-corrected chi connectivity index (χ0v) is 25.3. The molecule has 2 aliphatic carbocycles. The summed E-state index contributed by atoms with van der Waals surface area (Å²) in [5.41, 5.74) is 4.64. The van der Waals surface area contributed by atoms with E-state index in [9.17, 15) is 14.4 Å². The molecule has 2 atom stereocenters. The number of oxazole rings is 1. The number of rotatable bonds is 10. The molecule has 2 N–H and O–H groups in total. The van der Waals surface area contributed by atoms with Crippen LogP contribution in [-0.4, -0.2) is 72.9 Å². The summed E-state index contributed by atoms with van der Waals surface area (Å²) in [7, 11) is 0. The van der Waals surface area contributed by atoms with Crippen LogP contribution in [0.25, 0.3) is 0 Å². The van der Waals surface area contributed by atoms with E-state index < -0.39 is 0 Å². The molecule has 3 amide bonds. The van der Waals surface area contributed by atoms with Gasteiger partial charge in [0.25, 0.3) is 11.8 Å². The third-order valence-electron chi connectivity index (χ3n) is 9.60. The minimum atomic E-state index is -0.359. The molecule has 4 aliphatic rings. The Balaban J connectivity index is 1.03. The van der Waals surface area contributed by atoms with Gasteiger partial charge in [-0.15, -0.1) is 0 Å². The van der Waals surface area contributed by atoms with Gasteiger partial charge in [-0.2, -0.15) is 0 Å². The van der Waals surface area contributed by atoms with Gasteiger partial charge >= 0.3 is 0 Å². The maximum absolute atomic E-state index is 13.3. The Morgan fingerprint density at radius 2 is 1.68 bits per heavy atom. The lowest BCUT2D eigenvalue weighted by Gasteiger charge is -2.38. The zero-order valence-electron chi connectivity index (χ0n) is 25.3. The molecule has 2 aromatic carbocycles. The highest BCUT2D eigenvalue weighted by Gasteiger charge is 2.44. The van der Waals surface area contributed by atoms with Crippen molar-refractivity contribution in [1.29, 1.82) is 0 Å². The van der Waals surface area contributed by atoms with Gasteiger partial charge in [-0.25, -0.2) is 4.98 Å². The van der Waals surface area contributed by atoms with Crippen LogP contribution in [0.3, 0.4) is 0 Å². The van der Waals surface area contributed by atoms with Gasteiger partial charge in [0.05, 0.1) is 11.4 Å². The van der Waals surface area contributed by atoms with Crippen LogP contribution in [0, 0.1) is 12.8 Å². The Kier molecular flexibility index (Phi) is 7.74. The van der Waals surface area contributed by atoms with Crippen molar-refractivity contribution in [3.05, 3.63) is 71.4 Å². The number of piperidine rings is 1. The van der Waals surface area contributed by atoms with Crippen LogP contribution in [0.4, 0.5) is 17.1 Å². The molecule has 2 aliphatic heterocycles. The van der Waals surface area contributed by atoms with E-state index in [-0.39, 0.29) is 29.3 Å². The van der Waals surface area contributed by atoms with Crippen LogP contribution < -0.4 is 20.4 Å². The number of nitrogens with zero attached hydrogens (tertiary/aromatic N) is 4. The van der Waals surface area contributed by atoms with E-state index in [1.807, 2.05) is 17.0 Å². The number of carbonyl (C=O) groups is 3. The lowest BCUT2D eigenvalue weighted by atomic mass is 10.1. The first-order chi connectivity index (χ1) is 21.4. The largest absolute Gasteiger partial charge is 0.448 e. The van der Waals surface area contributed by atoms with Gasteiger partial charge in [-0.05, 0) is 75.3 Å². The molecule has 0 radical (unpaired) electrons. The number of hydrogen-bond donors (Lipinski definition) is 2. The third-order valence-corrected chi connectivity index (χ3v) is 9.60. The number of anilines is 3. The number of aryl methyl sites for hydroxylation is 1. The molecule has 3 aromatic rings. The first-order valence-corrected chi connectivity index (χ1v) is 16.0. The molecule has 0 spiro atoms. The average molecular weight is 597 g/mol. The maximum atomic E-state index is 13.3. The van der Waals surface area contributed by atoms with E-state index in [0.29, 0.717) is 48.6 Å². The Labute approximate surface area is 257 Å². The lowest BCUT2D eigenvalue weighted by molar-refractivity contribution is -0.134. The number of nitrogens with one attached hydrogen (secondary N) is 2. The fourth-order valence-corrected chi connectivity index (χ4v) is 6.98. The molecule has 3 heterocycles. The minimum absolute atomic E-state index is 0.205. The van der Waals surface area contributed by atoms with E-state index in [1.165, 1.54) is 17.5 Å². The molecular weight excluding hydrogens is 556 g/mol. The highest BCUT2D eigenvalue weighted by Crippen LogP contribution is 2.40. The van der Waals surface area contributed by atoms with E-state index in [0.717, 1.165) is 64.0 Å². The number of para-hydroxylation sites is 1. The van der Waals surface area contributed by atoms with Gasteiger partial charge in [-0.3, -0.25) is 14.4 Å². The summed E-state index contributed by atoms with van der Waals surface area (Å²) in [6, 6.07) is 14.3. The highest BCUT2D eigenvalue weighted by molar-refractivity contribution is 6.06. The normalized spacial score (nSPS) is 21.2. The number of amides is 3. The van der Waals surface area contributed by atoms with Crippen LogP contribution >= 0.6 is 0 Å². The van der Waals surface area contributed by atoms with Crippen molar-refractivity contribution in [3.8, 4) is 0 Å². The molecule has 2 saturated carbocycles. The smallest absolute Gasteiger partial charge is 0.277 e. The third kappa shape index (κ3) is 5.77. The molecule has 10 heteroatoms. The summed E-state index contributed by atoms with van der Waals surface area (Å²) in [5.74, 6) is 0.844. The number of hydrogen-bond acceptors (Lipinski definition) is 7. The van der Waals surface area contributed by atoms with Crippen molar-refractivity contribution in [2.24, 2.45) is 5.92 Å². The molecule has 10 nitrogen and oxygen atoms in total. The topological polar surface area (TPSA) is 111 Å². The second kappa shape index (κ2) is 12.0. The molecule has 7 rings (SSSR count). The Bertz CT molecular complexity index is 1560. The summed E-state index contributed by atoms with van der Waals surface area (Å²) < 4.78 is 5.56. The lowest BCUT2D eigenvalue weighted by Crippen LogP contribution is -2.47. The first-order valence-electron chi connectivity index (χ1n) is 16.0. The number of benzene rings is 2. The van der Waals surface area contributed by atoms with Gasteiger partial charge in [-0.1, -0.05) is 18.2 Å². The summed E-state index contributed by atoms with van der Waals surface area (Å²) in [6.07, 6.45) is 7.30. The molecule has 0 unspecified atom stereocenters. The van der Waals surface area contributed by atoms with Crippen molar-refractivity contribution in [2.75, 3.05) is 54.4 Å². The fraction of sp³-hybridized carbons (Fsp3) is 0.471. The Morgan fingerprint density at radius 3 is 2.41 bits per heavy atom. The van der Waals surface area contributed by atoms with Gasteiger partial charge < -0.3 is 29.8 Å². The molecular formula is C34H40N6O4. The van der Waals surface area contributed by atoms with Crippen molar-refractivity contribution >= 4 is 34.8 Å². The summed E-state index contributed by atoms with van der Waals surface area (Å²) >= 11 is 0. The van der Waals surface area contributed by atoms with Gasteiger partial charge in [0, 0.05) is 68.4 Å². The zero-order chi connectivity index (χ0) is 30.2. The van der Waals surface area contributed by atoms with E-state index in [1.54, 1.807) is 6.07 Å². The second-order valence-electron chi connectivity index (χ2n) is 12.6. The van der Waals surface area contributed by atoms with Crippen LogP contribution in [0.1, 0.15) is 76.7 Å². The predicted molar refractivity (Wildman–Crippen MR) is 168 cm³/mol. The molecule has 4 fully saturated rings. The second-order valence-corrected chi connectivity index (χ2v) is 12.6. The van der Waals surface area contributed by atoms with E-state index in [2.05, 4.69) is 56.6 Å². The number of likely N-dealkylation sites (tertiary alicyclic amines) is 1. The maximum Gasteiger partial charge on any atom is 0.277 e. The summed E-state index contributed by atoms with van der Waals surface area (Å²) in [5, 5.41) is 6.04. The van der Waals surface area contributed by atoms with Gasteiger partial charge in [0.15, 0.2) is 11.6 Å². The monoisotopic (exact) mass is 596 g/mol. The van der Waals surface area contributed by atoms with Crippen LogP contribution in [0.15, 0.2) is 53.1 Å². The van der Waals surface area contributed by atoms with Crippen molar-refractivity contribution in [2.45, 2.75) is 57.4 Å². The number of aromatic nitrogens is 1. The van der Waals surface area contributed by atoms with E-state index >= 15 is 0 Å². The van der Waals surface area contributed by atoms with E-state index in [4.69, 9.17) is 4.42 Å². The summed E-state index contributed by atoms with van der Waals surface area (Å²) in [4.78, 5) is 50.0. The molecule has 230 valence electrons. The molecule has 2 saturated heterocycles. The Morgan fingerprint density at radius 1 is 0.932 bits per heavy atom. The SMILES string of the molecule is Cc1ccccc1N1CCN(c2ccc(C(=O)NCCCN3C(=O)[C@@H]4CC[C@H]3C4)cc2NC(=O)c2coc(C3CC3)n2)CC1. The number of fused-ring (bicyclic) bond motifs is 2. The van der Waals surface area contributed by atoms with Crippen LogP contribution in [-0.2, 0) is 4.79 Å². The predicted octanol–water partition coefficient (Wildman–Crippen LogP) is 4.57.